The van der Waals surface area contributed by atoms with Crippen molar-refractivity contribution < 1.29 is 9.84 Å². The van der Waals surface area contributed by atoms with Crippen LogP contribution in [0, 0.1) is 10.8 Å². The molecule has 0 aromatic heterocycles. The molecule has 1 atom stereocenters. The molecule has 0 saturated carbocycles. The molecule has 0 spiro atoms. The molecular formula is C13H28O2. The van der Waals surface area contributed by atoms with E-state index in [2.05, 4.69) is 34.6 Å². The predicted molar refractivity (Wildman–Crippen MR) is 65.0 cm³/mol. The van der Waals surface area contributed by atoms with E-state index in [-0.39, 0.29) is 18.1 Å². The lowest BCUT2D eigenvalue weighted by Gasteiger charge is -2.39. The highest BCUT2D eigenvalue weighted by Crippen LogP contribution is 2.40. The Labute approximate surface area is 95.0 Å². The van der Waals surface area contributed by atoms with E-state index in [9.17, 15) is 0 Å². The Balaban J connectivity index is 3.85. The van der Waals surface area contributed by atoms with Crippen LogP contribution < -0.4 is 0 Å². The normalized spacial score (nSPS) is 15.4. The van der Waals surface area contributed by atoms with Gasteiger partial charge in [0.2, 0.25) is 0 Å². The van der Waals surface area contributed by atoms with Crippen LogP contribution in [-0.4, -0.2) is 24.4 Å². The first kappa shape index (κ1) is 14.9. The monoisotopic (exact) mass is 216 g/mol. The molecule has 2 heteroatoms. The van der Waals surface area contributed by atoms with Crippen molar-refractivity contribution in [3.8, 4) is 0 Å². The third-order valence-electron chi connectivity index (χ3n) is 3.70. The van der Waals surface area contributed by atoms with Gasteiger partial charge >= 0.3 is 0 Å². The summed E-state index contributed by atoms with van der Waals surface area (Å²) >= 11 is 0. The Morgan fingerprint density at radius 2 is 1.67 bits per heavy atom. The Bertz CT molecular complexity index is 168. The van der Waals surface area contributed by atoms with E-state index in [0.29, 0.717) is 5.41 Å². The molecular weight excluding hydrogens is 188 g/mol. The highest BCUT2D eigenvalue weighted by Gasteiger charge is 2.32. The van der Waals surface area contributed by atoms with Gasteiger partial charge in [-0.25, -0.2) is 0 Å². The van der Waals surface area contributed by atoms with Crippen LogP contribution in [0.15, 0.2) is 0 Å². The average molecular weight is 216 g/mol. The van der Waals surface area contributed by atoms with Gasteiger partial charge < -0.3 is 9.84 Å². The van der Waals surface area contributed by atoms with E-state index in [0.717, 1.165) is 19.4 Å². The van der Waals surface area contributed by atoms with Crippen molar-refractivity contribution in [3.05, 3.63) is 0 Å². The van der Waals surface area contributed by atoms with Crippen molar-refractivity contribution in [2.45, 2.75) is 60.5 Å². The van der Waals surface area contributed by atoms with Gasteiger partial charge in [0.25, 0.3) is 0 Å². The predicted octanol–water partition coefficient (Wildman–Crippen LogP) is 3.24. The molecule has 0 fully saturated rings. The molecule has 0 rings (SSSR count). The largest absolute Gasteiger partial charge is 0.396 e. The molecule has 15 heavy (non-hydrogen) atoms. The summed E-state index contributed by atoms with van der Waals surface area (Å²) < 4.78 is 5.65. The minimum Gasteiger partial charge on any atom is -0.396 e. The maximum atomic E-state index is 8.75. The molecule has 0 saturated heterocycles. The number of aliphatic hydroxyl groups excluding tert-OH is 1. The van der Waals surface area contributed by atoms with Crippen molar-refractivity contribution in [2.24, 2.45) is 10.8 Å². The van der Waals surface area contributed by atoms with Crippen LogP contribution in [0.1, 0.15) is 54.4 Å². The van der Waals surface area contributed by atoms with Gasteiger partial charge in [0.1, 0.15) is 0 Å². The summed E-state index contributed by atoms with van der Waals surface area (Å²) in [6, 6.07) is 0. The zero-order valence-electron chi connectivity index (χ0n) is 11.3. The van der Waals surface area contributed by atoms with E-state index in [1.807, 2.05) is 6.92 Å². The second kappa shape index (κ2) is 5.86. The highest BCUT2D eigenvalue weighted by molar-refractivity contribution is 4.82. The van der Waals surface area contributed by atoms with Gasteiger partial charge in [-0.2, -0.15) is 0 Å². The Morgan fingerprint density at radius 3 is 2.07 bits per heavy atom. The number of ether oxygens (including phenoxy) is 1. The fraction of sp³-hybridized carbons (Fsp3) is 1.00. The number of hydrogen-bond donors (Lipinski definition) is 1. The SMILES string of the molecule is CC(CCO)OCCC(C)(C)C(C)(C)C. The lowest BCUT2D eigenvalue weighted by molar-refractivity contribution is 0.00952. The van der Waals surface area contributed by atoms with E-state index < -0.39 is 0 Å². The van der Waals surface area contributed by atoms with Crippen LogP contribution in [0.25, 0.3) is 0 Å². The fourth-order valence-corrected chi connectivity index (χ4v) is 1.16. The van der Waals surface area contributed by atoms with Gasteiger partial charge in [-0.05, 0) is 30.6 Å². The maximum absolute atomic E-state index is 8.75. The van der Waals surface area contributed by atoms with Crippen LogP contribution >= 0.6 is 0 Å². The topological polar surface area (TPSA) is 29.5 Å². The zero-order chi connectivity index (χ0) is 12.1. The second-order valence-electron chi connectivity index (χ2n) is 6.08. The first-order valence-electron chi connectivity index (χ1n) is 5.93. The van der Waals surface area contributed by atoms with Crippen LogP contribution in [0.5, 0.6) is 0 Å². The number of rotatable bonds is 6. The molecule has 0 aliphatic heterocycles. The van der Waals surface area contributed by atoms with E-state index in [1.165, 1.54) is 0 Å². The lowest BCUT2D eigenvalue weighted by atomic mass is 9.67. The van der Waals surface area contributed by atoms with Crippen molar-refractivity contribution in [1.82, 2.24) is 0 Å². The second-order valence-corrected chi connectivity index (χ2v) is 6.08. The average Bonchev–Trinajstić information content (AvgIpc) is 2.01. The summed E-state index contributed by atoms with van der Waals surface area (Å²) in [5, 5.41) is 8.75. The van der Waals surface area contributed by atoms with Crippen molar-refractivity contribution in [2.75, 3.05) is 13.2 Å². The van der Waals surface area contributed by atoms with Crippen LogP contribution in [0.2, 0.25) is 0 Å². The summed E-state index contributed by atoms with van der Waals surface area (Å²) in [5.41, 5.74) is 0.586. The van der Waals surface area contributed by atoms with Gasteiger partial charge in [0, 0.05) is 13.2 Å². The first-order chi connectivity index (χ1) is 6.70. The van der Waals surface area contributed by atoms with E-state index >= 15 is 0 Å². The fourth-order valence-electron chi connectivity index (χ4n) is 1.16. The molecule has 1 N–H and O–H groups in total. The summed E-state index contributed by atoms with van der Waals surface area (Å²) in [5.74, 6) is 0. The molecule has 0 aromatic carbocycles. The first-order valence-corrected chi connectivity index (χ1v) is 5.93. The zero-order valence-corrected chi connectivity index (χ0v) is 11.3. The standard InChI is InChI=1S/C13H28O2/c1-11(7-9-14)15-10-8-13(5,6)12(2,3)4/h11,14H,7-10H2,1-6H3. The van der Waals surface area contributed by atoms with E-state index in [4.69, 9.17) is 9.84 Å². The third-order valence-corrected chi connectivity index (χ3v) is 3.70. The molecule has 1 unspecified atom stereocenters. The van der Waals surface area contributed by atoms with Crippen LogP contribution in [0.4, 0.5) is 0 Å². The van der Waals surface area contributed by atoms with Crippen molar-refractivity contribution >= 4 is 0 Å². The number of aliphatic hydroxyl groups is 1. The Morgan fingerprint density at radius 1 is 1.13 bits per heavy atom. The highest BCUT2D eigenvalue weighted by atomic mass is 16.5. The molecule has 0 aliphatic rings. The Kier molecular flexibility index (Phi) is 5.82. The summed E-state index contributed by atoms with van der Waals surface area (Å²) in [6.45, 7) is 14.4. The smallest absolute Gasteiger partial charge is 0.0568 e. The molecule has 0 amide bonds. The molecule has 2 nitrogen and oxygen atoms in total. The van der Waals surface area contributed by atoms with Gasteiger partial charge in [-0.15, -0.1) is 0 Å². The number of hydrogen-bond acceptors (Lipinski definition) is 2. The molecule has 92 valence electrons. The van der Waals surface area contributed by atoms with Gasteiger partial charge in [-0.3, -0.25) is 0 Å². The van der Waals surface area contributed by atoms with Gasteiger partial charge in [0.05, 0.1) is 6.10 Å². The van der Waals surface area contributed by atoms with Crippen molar-refractivity contribution in [1.29, 1.82) is 0 Å². The van der Waals surface area contributed by atoms with Crippen LogP contribution in [-0.2, 0) is 4.74 Å². The summed E-state index contributed by atoms with van der Waals surface area (Å²) in [4.78, 5) is 0. The van der Waals surface area contributed by atoms with Gasteiger partial charge in [-0.1, -0.05) is 34.6 Å². The quantitative estimate of drug-likeness (QED) is 0.738. The summed E-state index contributed by atoms with van der Waals surface area (Å²) in [7, 11) is 0. The molecule has 0 aromatic rings. The summed E-state index contributed by atoms with van der Waals surface area (Å²) in [6.07, 6.45) is 1.97. The molecule has 0 radical (unpaired) electrons. The third kappa shape index (κ3) is 5.53. The molecule has 0 heterocycles. The van der Waals surface area contributed by atoms with E-state index in [1.54, 1.807) is 0 Å². The minimum atomic E-state index is 0.172. The Hall–Kier alpha value is -0.0800. The molecule has 0 aliphatic carbocycles. The lowest BCUT2D eigenvalue weighted by Crippen LogP contribution is -2.31. The maximum Gasteiger partial charge on any atom is 0.0568 e. The van der Waals surface area contributed by atoms with Crippen LogP contribution in [0.3, 0.4) is 0 Å². The molecule has 0 bridgehead atoms. The van der Waals surface area contributed by atoms with Gasteiger partial charge in [0.15, 0.2) is 0 Å². The minimum absolute atomic E-state index is 0.172. The van der Waals surface area contributed by atoms with Crippen molar-refractivity contribution in [3.63, 3.8) is 0 Å².